The molecule has 0 bridgehead atoms. The van der Waals surface area contributed by atoms with Gasteiger partial charge in [-0.3, -0.25) is 4.90 Å². The second kappa shape index (κ2) is 9.68. The molecule has 0 spiro atoms. The smallest absolute Gasteiger partial charge is 0.416 e. The minimum Gasteiger partial charge on any atom is -0.477 e. The highest BCUT2D eigenvalue weighted by Crippen LogP contribution is 2.44. The number of nitrogens with zero attached hydrogens (tertiary/aromatic N) is 2. The lowest BCUT2D eigenvalue weighted by atomic mass is 9.98. The quantitative estimate of drug-likeness (QED) is 0.465. The molecule has 1 aliphatic rings. The number of hydrogen-bond acceptors (Lipinski definition) is 6. The van der Waals surface area contributed by atoms with Gasteiger partial charge in [-0.2, -0.15) is 0 Å². The molecule has 7 nitrogen and oxygen atoms in total. The summed E-state index contributed by atoms with van der Waals surface area (Å²) in [5.41, 5.74) is 4.71. The number of amides is 1. The van der Waals surface area contributed by atoms with Crippen molar-refractivity contribution in [2.45, 2.75) is 11.8 Å². The molecular weight excluding hydrogens is 452 g/mol. The molecule has 1 aliphatic carbocycles. The Morgan fingerprint density at radius 2 is 1.75 bits per heavy atom. The van der Waals surface area contributed by atoms with Crippen molar-refractivity contribution >= 4 is 40.1 Å². The molecule has 0 saturated carbocycles. The van der Waals surface area contributed by atoms with Crippen LogP contribution in [0, 0.1) is 0 Å². The van der Waals surface area contributed by atoms with Crippen LogP contribution in [-0.4, -0.2) is 49.0 Å². The number of fused-ring (bicyclic) bond motifs is 3. The number of anilines is 1. The van der Waals surface area contributed by atoms with Crippen molar-refractivity contribution in [2.24, 2.45) is 0 Å². The minimum atomic E-state index is -1.14. The van der Waals surface area contributed by atoms with Gasteiger partial charge in [0.25, 0.3) is 0 Å². The molecule has 0 unspecified atom stereocenters. The summed E-state index contributed by atoms with van der Waals surface area (Å²) in [5.74, 6) is -1.29. The van der Waals surface area contributed by atoms with Crippen LogP contribution in [-0.2, 0) is 15.4 Å². The summed E-state index contributed by atoms with van der Waals surface area (Å²) in [5, 5.41) is 9.61. The van der Waals surface area contributed by atoms with E-state index in [1.807, 2.05) is 36.4 Å². The van der Waals surface area contributed by atoms with E-state index in [1.54, 1.807) is 0 Å². The van der Waals surface area contributed by atoms with Crippen LogP contribution >= 0.6 is 22.9 Å². The largest absolute Gasteiger partial charge is 0.477 e. The Bertz CT molecular complexity index is 1100. The Morgan fingerprint density at radius 1 is 1.12 bits per heavy atom. The van der Waals surface area contributed by atoms with E-state index in [9.17, 15) is 14.7 Å². The number of methoxy groups -OCH3 is 1. The predicted molar refractivity (Wildman–Crippen MR) is 123 cm³/mol. The average molecular weight is 473 g/mol. The molecule has 1 aromatic heterocycles. The molecule has 0 atom stereocenters. The topological polar surface area (TPSA) is 89.0 Å². The van der Waals surface area contributed by atoms with Crippen molar-refractivity contribution in [1.29, 1.82) is 0 Å². The highest BCUT2D eigenvalue weighted by atomic mass is 35.5. The fourth-order valence-electron chi connectivity index (χ4n) is 3.83. The third kappa shape index (κ3) is 4.21. The van der Waals surface area contributed by atoms with Gasteiger partial charge in [0.1, 0.15) is 11.5 Å². The van der Waals surface area contributed by atoms with E-state index in [0.717, 1.165) is 33.6 Å². The van der Waals surface area contributed by atoms with Crippen molar-refractivity contribution in [2.75, 3.05) is 31.8 Å². The number of carbonyl (C=O) groups is 2. The van der Waals surface area contributed by atoms with Crippen molar-refractivity contribution in [1.82, 2.24) is 4.98 Å². The third-order valence-corrected chi connectivity index (χ3v) is 6.68. The minimum absolute atomic E-state index is 0.00358. The van der Waals surface area contributed by atoms with Crippen LogP contribution in [0.25, 0.3) is 11.1 Å². The number of aromatic nitrogens is 1. The van der Waals surface area contributed by atoms with Gasteiger partial charge >= 0.3 is 12.1 Å². The average Bonchev–Trinajstić information content (AvgIpc) is 3.38. The Labute approximate surface area is 194 Å². The first-order chi connectivity index (χ1) is 15.5. The van der Waals surface area contributed by atoms with Gasteiger partial charge in [-0.25, -0.2) is 14.6 Å². The fourth-order valence-corrected chi connectivity index (χ4v) is 5.04. The molecule has 0 aliphatic heterocycles. The summed E-state index contributed by atoms with van der Waals surface area (Å²) in [7, 11) is 1.52. The predicted octanol–water partition coefficient (Wildman–Crippen LogP) is 4.98. The number of halogens is 1. The normalized spacial score (nSPS) is 12.3. The van der Waals surface area contributed by atoms with Gasteiger partial charge in [0.2, 0.25) is 0 Å². The number of carboxylic acids is 1. The first-order valence-electron chi connectivity index (χ1n) is 9.95. The summed E-state index contributed by atoms with van der Waals surface area (Å²) < 4.78 is 10.8. The Balaban J connectivity index is 1.57. The number of benzene rings is 2. The maximum Gasteiger partial charge on any atom is 0.416 e. The van der Waals surface area contributed by atoms with Crippen molar-refractivity contribution in [3.05, 3.63) is 70.2 Å². The van der Waals surface area contributed by atoms with Crippen LogP contribution in [0.15, 0.2) is 48.5 Å². The molecule has 4 rings (SSSR count). The lowest BCUT2D eigenvalue weighted by Gasteiger charge is -2.21. The zero-order valence-electron chi connectivity index (χ0n) is 17.3. The number of aromatic carboxylic acids is 1. The molecule has 9 heteroatoms. The fraction of sp³-hybridized carbons (Fsp3) is 0.261. The molecule has 2 aromatic carbocycles. The van der Waals surface area contributed by atoms with Crippen LogP contribution in [0.1, 0.15) is 32.4 Å². The van der Waals surface area contributed by atoms with E-state index in [0.29, 0.717) is 0 Å². The summed E-state index contributed by atoms with van der Waals surface area (Å²) in [4.78, 5) is 30.1. The lowest BCUT2D eigenvalue weighted by molar-refractivity contribution is 0.0701. The Hall–Kier alpha value is -2.94. The summed E-state index contributed by atoms with van der Waals surface area (Å²) in [6.45, 7) is 0.555. The van der Waals surface area contributed by atoms with E-state index in [4.69, 9.17) is 21.1 Å². The van der Waals surface area contributed by atoms with Gasteiger partial charge < -0.3 is 14.6 Å². The maximum absolute atomic E-state index is 13.0. The molecule has 32 heavy (non-hydrogen) atoms. The van der Waals surface area contributed by atoms with Crippen LogP contribution in [0.3, 0.4) is 0 Å². The van der Waals surface area contributed by atoms with Gasteiger partial charge in [-0.05, 0) is 22.3 Å². The van der Waals surface area contributed by atoms with Crippen LogP contribution in [0.4, 0.5) is 9.93 Å². The van der Waals surface area contributed by atoms with Gasteiger partial charge in [0.05, 0.1) is 24.7 Å². The SMILES string of the molecule is COCCN(C(=O)OCC1c2ccccc2-c2ccccc21)c1nc(CCl)c(C(=O)O)s1. The van der Waals surface area contributed by atoms with Crippen molar-refractivity contribution in [3.63, 3.8) is 0 Å². The number of alkyl halides is 1. The number of thiazole rings is 1. The van der Waals surface area contributed by atoms with E-state index in [2.05, 4.69) is 17.1 Å². The monoisotopic (exact) mass is 472 g/mol. The zero-order chi connectivity index (χ0) is 22.7. The van der Waals surface area contributed by atoms with E-state index in [1.165, 1.54) is 12.0 Å². The molecule has 3 aromatic rings. The second-order valence-electron chi connectivity index (χ2n) is 7.16. The highest BCUT2D eigenvalue weighted by molar-refractivity contribution is 7.17. The summed E-state index contributed by atoms with van der Waals surface area (Å²) >= 11 is 6.73. The van der Waals surface area contributed by atoms with Gasteiger partial charge in [0.15, 0.2) is 5.13 Å². The first kappa shape index (κ1) is 22.3. The number of carboxylic acid groups (broad SMARTS) is 1. The molecule has 0 fully saturated rings. The molecule has 166 valence electrons. The molecule has 1 N–H and O–H groups in total. The third-order valence-electron chi connectivity index (χ3n) is 5.31. The van der Waals surface area contributed by atoms with E-state index < -0.39 is 12.1 Å². The Morgan fingerprint density at radius 3 is 2.28 bits per heavy atom. The zero-order valence-corrected chi connectivity index (χ0v) is 18.9. The molecule has 0 saturated heterocycles. The van der Waals surface area contributed by atoms with E-state index >= 15 is 0 Å². The van der Waals surface area contributed by atoms with Crippen LogP contribution in [0.2, 0.25) is 0 Å². The molecule has 1 heterocycles. The standard InChI is InChI=1S/C23H21ClN2O5S/c1-30-11-10-26(22-25-19(12-24)20(32-22)21(27)28)23(29)31-13-18-16-8-4-2-6-14(16)15-7-3-5-9-17(15)18/h2-9,18H,10-13H2,1H3,(H,27,28). The second-order valence-corrected chi connectivity index (χ2v) is 8.40. The Kier molecular flexibility index (Phi) is 6.74. The number of rotatable bonds is 8. The first-order valence-corrected chi connectivity index (χ1v) is 11.3. The number of ether oxygens (including phenoxy) is 2. The molecule has 1 amide bonds. The molecule has 0 radical (unpaired) electrons. The summed E-state index contributed by atoms with van der Waals surface area (Å²) in [6, 6.07) is 16.2. The number of carbonyl (C=O) groups excluding carboxylic acids is 1. The summed E-state index contributed by atoms with van der Waals surface area (Å²) in [6.07, 6.45) is -0.615. The van der Waals surface area contributed by atoms with Gasteiger partial charge in [-0.15, -0.1) is 11.6 Å². The van der Waals surface area contributed by atoms with Gasteiger partial charge in [-0.1, -0.05) is 59.9 Å². The lowest BCUT2D eigenvalue weighted by Crippen LogP contribution is -2.35. The van der Waals surface area contributed by atoms with E-state index in [-0.39, 0.29) is 47.3 Å². The van der Waals surface area contributed by atoms with Gasteiger partial charge in [0, 0.05) is 13.0 Å². The van der Waals surface area contributed by atoms with Crippen molar-refractivity contribution in [3.8, 4) is 11.1 Å². The van der Waals surface area contributed by atoms with Crippen LogP contribution < -0.4 is 4.90 Å². The van der Waals surface area contributed by atoms with Crippen LogP contribution in [0.5, 0.6) is 0 Å². The molecular formula is C23H21ClN2O5S. The van der Waals surface area contributed by atoms with Crippen molar-refractivity contribution < 1.29 is 24.2 Å². The number of hydrogen-bond donors (Lipinski definition) is 1. The maximum atomic E-state index is 13.0. The highest BCUT2D eigenvalue weighted by Gasteiger charge is 2.31.